The fourth-order valence-electron chi connectivity index (χ4n) is 0.436. The molecular weight excluding hydrogens is 126 g/mol. The van der Waals surface area contributed by atoms with Gasteiger partial charge in [-0.05, 0) is 0 Å². The highest BCUT2D eigenvalue weighted by Gasteiger charge is 1.99. The number of alkyl halides is 1. The molecule has 0 aliphatic heterocycles. The lowest BCUT2D eigenvalue weighted by molar-refractivity contribution is 0.450. The topological polar surface area (TPSA) is 25.8 Å². The average molecular weight is 130 g/mol. The SMILES string of the molecule is FCc1ncncc1F. The first kappa shape index (κ1) is 6.07. The molecule has 0 bridgehead atoms. The molecule has 1 heterocycles. The summed E-state index contributed by atoms with van der Waals surface area (Å²) in [4.78, 5) is 6.68. The quantitative estimate of drug-likeness (QED) is 0.568. The molecule has 0 aliphatic rings. The molecule has 0 spiro atoms. The zero-order chi connectivity index (χ0) is 6.69. The number of hydrogen-bond donors (Lipinski definition) is 0. The Labute approximate surface area is 50.6 Å². The van der Waals surface area contributed by atoms with Crippen LogP contribution in [0.3, 0.4) is 0 Å². The van der Waals surface area contributed by atoms with Gasteiger partial charge in [0.1, 0.15) is 18.7 Å². The van der Waals surface area contributed by atoms with E-state index in [1.807, 2.05) is 0 Å². The van der Waals surface area contributed by atoms with Crippen molar-refractivity contribution in [2.45, 2.75) is 6.67 Å². The van der Waals surface area contributed by atoms with Crippen LogP contribution in [0.1, 0.15) is 5.69 Å². The molecule has 4 heteroatoms. The smallest absolute Gasteiger partial charge is 0.165 e. The fraction of sp³-hybridized carbons (Fsp3) is 0.200. The van der Waals surface area contributed by atoms with E-state index in [-0.39, 0.29) is 5.69 Å². The molecule has 0 unspecified atom stereocenters. The third kappa shape index (κ3) is 1.19. The van der Waals surface area contributed by atoms with Gasteiger partial charge < -0.3 is 0 Å². The van der Waals surface area contributed by atoms with Crippen molar-refractivity contribution in [3.63, 3.8) is 0 Å². The van der Waals surface area contributed by atoms with Crippen LogP contribution in [0.5, 0.6) is 0 Å². The molecule has 0 saturated carbocycles. The Morgan fingerprint density at radius 3 is 2.78 bits per heavy atom. The number of rotatable bonds is 1. The number of nitrogens with zero attached hydrogens (tertiary/aromatic N) is 2. The van der Waals surface area contributed by atoms with Crippen LogP contribution in [0.25, 0.3) is 0 Å². The summed E-state index contributed by atoms with van der Waals surface area (Å²) in [6, 6.07) is 0. The molecule has 1 rings (SSSR count). The molecule has 0 amide bonds. The summed E-state index contributed by atoms with van der Waals surface area (Å²) >= 11 is 0. The van der Waals surface area contributed by atoms with Crippen LogP contribution in [0.2, 0.25) is 0 Å². The van der Waals surface area contributed by atoms with Gasteiger partial charge in [-0.3, -0.25) is 0 Å². The molecule has 2 nitrogen and oxygen atoms in total. The van der Waals surface area contributed by atoms with E-state index in [1.54, 1.807) is 0 Å². The molecule has 0 aliphatic carbocycles. The molecule has 0 atom stereocenters. The van der Waals surface area contributed by atoms with Gasteiger partial charge >= 0.3 is 0 Å². The summed E-state index contributed by atoms with van der Waals surface area (Å²) in [6.45, 7) is -0.881. The minimum absolute atomic E-state index is 0.190. The molecule has 0 aromatic carbocycles. The second kappa shape index (κ2) is 2.48. The summed E-state index contributed by atoms with van der Waals surface area (Å²) in [5.74, 6) is -0.694. The van der Waals surface area contributed by atoms with E-state index in [0.717, 1.165) is 12.5 Å². The number of aromatic nitrogens is 2. The fourth-order valence-corrected chi connectivity index (χ4v) is 0.436. The maximum Gasteiger partial charge on any atom is 0.165 e. The zero-order valence-electron chi connectivity index (χ0n) is 4.51. The van der Waals surface area contributed by atoms with Crippen molar-refractivity contribution in [3.8, 4) is 0 Å². The average Bonchev–Trinajstić information content (AvgIpc) is 1.89. The number of hydrogen-bond acceptors (Lipinski definition) is 2. The Morgan fingerprint density at radius 2 is 2.33 bits per heavy atom. The van der Waals surface area contributed by atoms with Crippen LogP contribution in [0.4, 0.5) is 8.78 Å². The van der Waals surface area contributed by atoms with Gasteiger partial charge in [-0.15, -0.1) is 0 Å². The Morgan fingerprint density at radius 1 is 1.56 bits per heavy atom. The summed E-state index contributed by atoms with van der Waals surface area (Å²) in [5, 5.41) is 0. The molecule has 0 radical (unpaired) electrons. The predicted octanol–water partition coefficient (Wildman–Crippen LogP) is 1.09. The van der Waals surface area contributed by atoms with Crippen LogP contribution in [-0.4, -0.2) is 9.97 Å². The summed E-state index contributed by atoms with van der Waals surface area (Å²) in [7, 11) is 0. The van der Waals surface area contributed by atoms with Gasteiger partial charge in [0, 0.05) is 0 Å². The third-order valence-corrected chi connectivity index (χ3v) is 0.870. The highest BCUT2D eigenvalue weighted by atomic mass is 19.1. The minimum atomic E-state index is -0.881. The lowest BCUT2D eigenvalue weighted by Crippen LogP contribution is -1.91. The first-order chi connectivity index (χ1) is 4.34. The monoisotopic (exact) mass is 130 g/mol. The molecule has 0 N–H and O–H groups in total. The second-order valence-corrected chi connectivity index (χ2v) is 1.45. The van der Waals surface area contributed by atoms with Gasteiger partial charge in [-0.1, -0.05) is 0 Å². The van der Waals surface area contributed by atoms with E-state index < -0.39 is 12.5 Å². The van der Waals surface area contributed by atoms with Gasteiger partial charge in [0.15, 0.2) is 5.82 Å². The van der Waals surface area contributed by atoms with Crippen LogP contribution >= 0.6 is 0 Å². The van der Waals surface area contributed by atoms with Crippen molar-refractivity contribution in [3.05, 3.63) is 24.0 Å². The maximum absolute atomic E-state index is 12.2. The normalized spacial score (nSPS) is 9.56. The van der Waals surface area contributed by atoms with Crippen molar-refractivity contribution in [1.29, 1.82) is 0 Å². The Bertz CT molecular complexity index is 202. The van der Waals surface area contributed by atoms with E-state index in [4.69, 9.17) is 0 Å². The van der Waals surface area contributed by atoms with Crippen LogP contribution in [-0.2, 0) is 6.67 Å². The Hall–Kier alpha value is -1.06. The molecule has 0 saturated heterocycles. The predicted molar refractivity (Wildman–Crippen MR) is 26.8 cm³/mol. The first-order valence-corrected chi connectivity index (χ1v) is 2.35. The molecule has 0 fully saturated rings. The maximum atomic E-state index is 12.2. The van der Waals surface area contributed by atoms with Crippen molar-refractivity contribution < 1.29 is 8.78 Å². The lowest BCUT2D eigenvalue weighted by Gasteiger charge is -1.90. The van der Waals surface area contributed by atoms with Gasteiger partial charge in [0.2, 0.25) is 0 Å². The van der Waals surface area contributed by atoms with E-state index in [2.05, 4.69) is 9.97 Å². The van der Waals surface area contributed by atoms with Gasteiger partial charge in [0.05, 0.1) is 6.20 Å². The molecule has 1 aromatic heterocycles. The zero-order valence-corrected chi connectivity index (χ0v) is 4.51. The molecular formula is C5H4F2N2. The summed E-state index contributed by atoms with van der Waals surface area (Å²) < 4.78 is 23.9. The van der Waals surface area contributed by atoms with E-state index in [1.165, 1.54) is 0 Å². The Kier molecular flexibility index (Phi) is 1.67. The first-order valence-electron chi connectivity index (χ1n) is 2.35. The summed E-state index contributed by atoms with van der Waals surface area (Å²) in [6.07, 6.45) is 2.04. The van der Waals surface area contributed by atoms with Crippen LogP contribution < -0.4 is 0 Å². The number of halogens is 2. The van der Waals surface area contributed by atoms with E-state index in [9.17, 15) is 8.78 Å². The van der Waals surface area contributed by atoms with Crippen molar-refractivity contribution in [2.24, 2.45) is 0 Å². The van der Waals surface area contributed by atoms with Gasteiger partial charge in [-0.2, -0.15) is 0 Å². The van der Waals surface area contributed by atoms with Gasteiger partial charge in [-0.25, -0.2) is 18.7 Å². The van der Waals surface area contributed by atoms with Crippen molar-refractivity contribution in [2.75, 3.05) is 0 Å². The minimum Gasteiger partial charge on any atom is -0.244 e. The third-order valence-electron chi connectivity index (χ3n) is 0.870. The highest BCUT2D eigenvalue weighted by molar-refractivity contribution is 4.99. The summed E-state index contributed by atoms with van der Waals surface area (Å²) in [5.41, 5.74) is -0.190. The van der Waals surface area contributed by atoms with Crippen LogP contribution in [0, 0.1) is 5.82 Å². The van der Waals surface area contributed by atoms with E-state index in [0.29, 0.717) is 0 Å². The molecule has 9 heavy (non-hydrogen) atoms. The lowest BCUT2D eigenvalue weighted by atomic mass is 10.4. The van der Waals surface area contributed by atoms with Crippen LogP contribution in [0.15, 0.2) is 12.5 Å². The molecule has 48 valence electrons. The largest absolute Gasteiger partial charge is 0.244 e. The Balaban J connectivity index is 3.01. The van der Waals surface area contributed by atoms with Crippen molar-refractivity contribution >= 4 is 0 Å². The second-order valence-electron chi connectivity index (χ2n) is 1.45. The molecule has 1 aromatic rings. The standard InChI is InChI=1S/C5H4F2N2/c6-1-5-4(7)2-8-3-9-5/h2-3H,1H2. The van der Waals surface area contributed by atoms with Crippen molar-refractivity contribution in [1.82, 2.24) is 9.97 Å². The van der Waals surface area contributed by atoms with E-state index >= 15 is 0 Å². The highest BCUT2D eigenvalue weighted by Crippen LogP contribution is 2.00. The van der Waals surface area contributed by atoms with Gasteiger partial charge in [0.25, 0.3) is 0 Å².